The molecule has 0 bridgehead atoms. The fraction of sp³-hybridized carbons (Fsp3) is 0.542. The summed E-state index contributed by atoms with van der Waals surface area (Å²) >= 11 is 0. The number of carbonyl (C=O) groups is 5. The quantitative estimate of drug-likeness (QED) is 0.560. The minimum Gasteiger partial charge on any atom is -0.478 e. The fourth-order valence-corrected chi connectivity index (χ4v) is 4.00. The van der Waals surface area contributed by atoms with Gasteiger partial charge in [0.15, 0.2) is 6.10 Å². The lowest BCUT2D eigenvalue weighted by atomic mass is 9.92. The zero-order chi connectivity index (χ0) is 25.9. The van der Waals surface area contributed by atoms with Crippen LogP contribution in [-0.2, 0) is 44.6 Å². The van der Waals surface area contributed by atoms with Crippen LogP contribution in [0.1, 0.15) is 39.2 Å². The van der Waals surface area contributed by atoms with Gasteiger partial charge in [-0.3, -0.25) is 19.2 Å². The third kappa shape index (κ3) is 6.16. The molecule has 0 aliphatic carbocycles. The summed E-state index contributed by atoms with van der Waals surface area (Å²) in [5.41, 5.74) is 1.28. The van der Waals surface area contributed by atoms with Crippen molar-refractivity contribution in [2.24, 2.45) is 5.41 Å². The number of amides is 2. The van der Waals surface area contributed by atoms with E-state index in [4.69, 9.17) is 14.2 Å². The molecule has 3 rings (SSSR count). The van der Waals surface area contributed by atoms with Crippen LogP contribution in [0.5, 0.6) is 0 Å². The molecule has 2 aliphatic rings. The number of carboxylic acids is 1. The number of methoxy groups -OCH3 is 1. The van der Waals surface area contributed by atoms with E-state index in [2.05, 4.69) is 0 Å². The van der Waals surface area contributed by atoms with Crippen molar-refractivity contribution in [3.8, 4) is 0 Å². The number of aliphatic carboxylic acids is 1. The Balaban J connectivity index is 1.86. The first-order chi connectivity index (χ1) is 16.4. The number of esters is 2. The summed E-state index contributed by atoms with van der Waals surface area (Å²) in [6.07, 6.45) is -2.65. The second-order valence-corrected chi connectivity index (χ2v) is 9.64. The van der Waals surface area contributed by atoms with E-state index >= 15 is 0 Å². The summed E-state index contributed by atoms with van der Waals surface area (Å²) in [6, 6.07) is 5.06. The van der Waals surface area contributed by atoms with Gasteiger partial charge >= 0.3 is 17.9 Å². The van der Waals surface area contributed by atoms with Crippen molar-refractivity contribution in [2.45, 2.75) is 52.2 Å². The fourth-order valence-electron chi connectivity index (χ4n) is 4.00. The lowest BCUT2D eigenvalue weighted by molar-refractivity contribution is -0.179. The highest BCUT2D eigenvalue weighted by molar-refractivity contribution is 6.03. The van der Waals surface area contributed by atoms with Gasteiger partial charge in [0.1, 0.15) is 6.54 Å². The van der Waals surface area contributed by atoms with Gasteiger partial charge in [0.2, 0.25) is 12.0 Å². The number of carbonyl (C=O) groups excluding carboxylic acids is 4. The Hall–Kier alpha value is -3.47. The molecule has 2 amide bonds. The number of carboxylic acid groups (broad SMARTS) is 1. The standard InChI is InChI=1S/C24H30N2O9/c1-24(2,3)12-18(28)35-21(23(31)32)20-22(30)25(9-10-34-20)15-7-5-14-6-8-17(27)26(16(14)11-15)13-19(29)33-4/h5,7,11,20-21H,6,8-10,12-13H2,1-4H3,(H,31,32)/t20-,21-/m1/s1. The van der Waals surface area contributed by atoms with Crippen LogP contribution in [0.15, 0.2) is 18.2 Å². The highest BCUT2D eigenvalue weighted by Crippen LogP contribution is 2.33. The molecule has 0 unspecified atom stereocenters. The molecule has 11 heteroatoms. The number of hydrogen-bond acceptors (Lipinski definition) is 8. The molecule has 190 valence electrons. The molecule has 1 saturated heterocycles. The minimum atomic E-state index is -1.81. The maximum absolute atomic E-state index is 13.3. The predicted octanol–water partition coefficient (Wildman–Crippen LogP) is 1.30. The van der Waals surface area contributed by atoms with Crippen molar-refractivity contribution in [1.29, 1.82) is 0 Å². The average molecular weight is 491 g/mol. The molecule has 1 N–H and O–H groups in total. The second kappa shape index (κ2) is 10.4. The summed E-state index contributed by atoms with van der Waals surface area (Å²) < 4.78 is 15.3. The number of rotatable bonds is 7. The Labute approximate surface area is 202 Å². The second-order valence-electron chi connectivity index (χ2n) is 9.64. The largest absolute Gasteiger partial charge is 0.478 e. The van der Waals surface area contributed by atoms with Crippen molar-refractivity contribution >= 4 is 41.1 Å². The Morgan fingerprint density at radius 2 is 1.89 bits per heavy atom. The molecule has 0 aromatic heterocycles. The third-order valence-electron chi connectivity index (χ3n) is 5.67. The monoisotopic (exact) mass is 490 g/mol. The smallest absolute Gasteiger partial charge is 0.348 e. The van der Waals surface area contributed by atoms with E-state index in [0.29, 0.717) is 17.8 Å². The summed E-state index contributed by atoms with van der Waals surface area (Å²) in [5, 5.41) is 9.66. The minimum absolute atomic E-state index is 0.0128. The zero-order valence-electron chi connectivity index (χ0n) is 20.2. The van der Waals surface area contributed by atoms with E-state index in [9.17, 15) is 29.1 Å². The SMILES string of the molecule is COC(=O)CN1C(=O)CCc2ccc(N3CCO[C@H]([C@@H](OC(=O)CC(C)(C)C)C(=O)O)C3=O)cc21. The van der Waals surface area contributed by atoms with Gasteiger partial charge in [-0.05, 0) is 29.5 Å². The van der Waals surface area contributed by atoms with Gasteiger partial charge in [0, 0.05) is 24.3 Å². The summed E-state index contributed by atoms with van der Waals surface area (Å²) in [5.74, 6) is -3.76. The Bertz CT molecular complexity index is 1030. The van der Waals surface area contributed by atoms with Crippen LogP contribution in [0, 0.1) is 5.41 Å². The van der Waals surface area contributed by atoms with Crippen molar-refractivity contribution in [2.75, 3.05) is 36.6 Å². The van der Waals surface area contributed by atoms with Crippen molar-refractivity contribution in [3.05, 3.63) is 23.8 Å². The van der Waals surface area contributed by atoms with E-state index < -0.39 is 41.4 Å². The number of ether oxygens (including phenoxy) is 3. The molecular weight excluding hydrogens is 460 g/mol. The maximum atomic E-state index is 13.3. The Kier molecular flexibility index (Phi) is 7.79. The molecule has 1 aromatic carbocycles. The number of morpholine rings is 1. The Morgan fingerprint density at radius 1 is 1.17 bits per heavy atom. The number of anilines is 2. The molecular formula is C24H30N2O9. The highest BCUT2D eigenvalue weighted by Gasteiger charge is 2.43. The van der Waals surface area contributed by atoms with Gasteiger partial charge in [-0.25, -0.2) is 4.79 Å². The molecule has 11 nitrogen and oxygen atoms in total. The van der Waals surface area contributed by atoms with E-state index in [1.165, 1.54) is 16.9 Å². The number of fused-ring (bicyclic) bond motifs is 1. The van der Waals surface area contributed by atoms with Gasteiger partial charge in [-0.2, -0.15) is 0 Å². The van der Waals surface area contributed by atoms with E-state index in [1.54, 1.807) is 39.0 Å². The van der Waals surface area contributed by atoms with Crippen LogP contribution in [0.4, 0.5) is 11.4 Å². The summed E-state index contributed by atoms with van der Waals surface area (Å²) in [6.45, 7) is 5.28. The molecule has 2 heterocycles. The lowest BCUT2D eigenvalue weighted by Gasteiger charge is -2.36. The van der Waals surface area contributed by atoms with Gasteiger partial charge in [0.25, 0.3) is 5.91 Å². The molecule has 2 aliphatic heterocycles. The number of aryl methyl sites for hydroxylation is 1. The number of nitrogens with zero attached hydrogens (tertiary/aromatic N) is 2. The summed E-state index contributed by atoms with van der Waals surface area (Å²) in [7, 11) is 1.23. The first-order valence-electron chi connectivity index (χ1n) is 11.3. The molecule has 0 spiro atoms. The van der Waals surface area contributed by atoms with Crippen LogP contribution < -0.4 is 9.80 Å². The van der Waals surface area contributed by atoms with Crippen molar-refractivity contribution < 1.29 is 43.3 Å². The Morgan fingerprint density at radius 3 is 2.51 bits per heavy atom. The van der Waals surface area contributed by atoms with Gasteiger partial charge in [-0.15, -0.1) is 0 Å². The normalized spacial score (nSPS) is 19.1. The van der Waals surface area contributed by atoms with Crippen LogP contribution in [0.3, 0.4) is 0 Å². The lowest BCUT2D eigenvalue weighted by Crippen LogP contribution is -2.56. The summed E-state index contributed by atoms with van der Waals surface area (Å²) in [4.78, 5) is 64.4. The molecule has 35 heavy (non-hydrogen) atoms. The zero-order valence-corrected chi connectivity index (χ0v) is 20.2. The number of benzene rings is 1. The van der Waals surface area contributed by atoms with Crippen LogP contribution in [0.2, 0.25) is 0 Å². The topological polar surface area (TPSA) is 140 Å². The molecule has 0 radical (unpaired) electrons. The van der Waals surface area contributed by atoms with E-state index in [0.717, 1.165) is 5.56 Å². The highest BCUT2D eigenvalue weighted by atomic mass is 16.6. The first-order valence-corrected chi connectivity index (χ1v) is 11.3. The first kappa shape index (κ1) is 26.1. The predicted molar refractivity (Wildman–Crippen MR) is 123 cm³/mol. The molecule has 1 aromatic rings. The van der Waals surface area contributed by atoms with Gasteiger partial charge in [0.05, 0.1) is 20.1 Å². The molecule has 2 atom stereocenters. The molecule has 0 saturated carbocycles. The van der Waals surface area contributed by atoms with Crippen LogP contribution >= 0.6 is 0 Å². The van der Waals surface area contributed by atoms with Crippen molar-refractivity contribution in [1.82, 2.24) is 0 Å². The van der Waals surface area contributed by atoms with Gasteiger partial charge in [-0.1, -0.05) is 26.8 Å². The third-order valence-corrected chi connectivity index (χ3v) is 5.67. The molecule has 1 fully saturated rings. The maximum Gasteiger partial charge on any atom is 0.348 e. The van der Waals surface area contributed by atoms with Crippen molar-refractivity contribution in [3.63, 3.8) is 0 Å². The number of hydrogen-bond donors (Lipinski definition) is 1. The van der Waals surface area contributed by atoms with Crippen LogP contribution in [-0.4, -0.2) is 73.8 Å². The van der Waals surface area contributed by atoms with E-state index in [-0.39, 0.29) is 38.4 Å². The van der Waals surface area contributed by atoms with E-state index in [1.807, 2.05) is 0 Å². The van der Waals surface area contributed by atoms with Gasteiger partial charge < -0.3 is 29.1 Å². The average Bonchev–Trinajstić information content (AvgIpc) is 2.78. The van der Waals surface area contributed by atoms with Crippen LogP contribution in [0.25, 0.3) is 0 Å².